The molecule has 1 aromatic heterocycles. The molecule has 6 nitrogen and oxygen atoms in total. The monoisotopic (exact) mass is 418 g/mol. The summed E-state index contributed by atoms with van der Waals surface area (Å²) >= 11 is 5.89. The zero-order chi connectivity index (χ0) is 20.9. The molecule has 0 aliphatic rings. The first-order valence-electron chi connectivity index (χ1n) is 9.47. The molecule has 1 heterocycles. The second-order valence-corrected chi connectivity index (χ2v) is 7.20. The van der Waals surface area contributed by atoms with E-state index in [9.17, 15) is 4.79 Å². The van der Waals surface area contributed by atoms with Crippen molar-refractivity contribution in [2.75, 3.05) is 0 Å². The van der Waals surface area contributed by atoms with E-state index in [0.717, 1.165) is 16.7 Å². The molecule has 1 unspecified atom stereocenters. The fourth-order valence-electron chi connectivity index (χ4n) is 2.92. The van der Waals surface area contributed by atoms with Gasteiger partial charge in [-0.05, 0) is 59.7 Å². The number of carbonyl (C=O) groups excluding carboxylic acids is 1. The molecular weight excluding hydrogens is 400 g/mol. The molecule has 7 heteroatoms. The lowest BCUT2D eigenvalue weighted by Crippen LogP contribution is -2.28. The van der Waals surface area contributed by atoms with Crippen molar-refractivity contribution in [1.82, 2.24) is 20.2 Å². The highest BCUT2D eigenvalue weighted by Crippen LogP contribution is 2.23. The first-order chi connectivity index (χ1) is 14.6. The fourth-order valence-corrected chi connectivity index (χ4v) is 3.05. The van der Waals surface area contributed by atoms with Crippen molar-refractivity contribution < 1.29 is 9.53 Å². The van der Waals surface area contributed by atoms with Crippen LogP contribution in [0.2, 0.25) is 5.02 Å². The number of Topliss-reactive ketones (excluding diaryl/α,β-unsaturated/α-hetero) is 1. The van der Waals surface area contributed by atoms with Crippen LogP contribution >= 0.6 is 11.6 Å². The minimum Gasteiger partial charge on any atom is -0.483 e. The number of rotatable bonds is 7. The molecule has 4 aromatic rings. The number of hydrogen-bond acceptors (Lipinski definition) is 5. The van der Waals surface area contributed by atoms with Gasteiger partial charge in [-0.25, -0.2) is 0 Å². The van der Waals surface area contributed by atoms with Crippen molar-refractivity contribution in [2.45, 2.75) is 19.6 Å². The van der Waals surface area contributed by atoms with Crippen molar-refractivity contribution >= 4 is 17.4 Å². The lowest BCUT2D eigenvalue weighted by Gasteiger charge is -2.13. The van der Waals surface area contributed by atoms with E-state index in [1.807, 2.05) is 54.6 Å². The highest BCUT2D eigenvalue weighted by Gasteiger charge is 2.17. The van der Waals surface area contributed by atoms with Crippen molar-refractivity contribution in [3.05, 3.63) is 83.9 Å². The molecule has 0 fully saturated rings. The van der Waals surface area contributed by atoms with Gasteiger partial charge >= 0.3 is 0 Å². The van der Waals surface area contributed by atoms with E-state index >= 15 is 0 Å². The Hall–Kier alpha value is -3.51. The molecule has 1 atom stereocenters. The Balaban J connectivity index is 1.37. The minimum absolute atomic E-state index is 0.0240. The average molecular weight is 419 g/mol. The molecular formula is C23H19ClN4O2. The van der Waals surface area contributed by atoms with Crippen LogP contribution in [-0.4, -0.2) is 32.1 Å². The molecule has 0 saturated heterocycles. The number of ketones is 1. The number of tetrazole rings is 1. The van der Waals surface area contributed by atoms with Gasteiger partial charge in [0.1, 0.15) is 12.3 Å². The van der Waals surface area contributed by atoms with Gasteiger partial charge in [-0.1, -0.05) is 54.1 Å². The van der Waals surface area contributed by atoms with Crippen LogP contribution in [0.3, 0.4) is 0 Å². The Morgan fingerprint density at radius 1 is 0.933 bits per heavy atom. The fraction of sp³-hybridized carbons (Fsp3) is 0.130. The summed E-state index contributed by atoms with van der Waals surface area (Å²) in [5.74, 6) is 0.913. The Morgan fingerprint density at radius 3 is 2.27 bits per heavy atom. The molecule has 0 aliphatic heterocycles. The third-order valence-corrected chi connectivity index (χ3v) is 4.83. The molecule has 0 radical (unpaired) electrons. The van der Waals surface area contributed by atoms with Crippen LogP contribution in [0.15, 0.2) is 78.9 Å². The van der Waals surface area contributed by atoms with Crippen LogP contribution < -0.4 is 4.74 Å². The number of aromatic nitrogens is 4. The van der Waals surface area contributed by atoms with Crippen molar-refractivity contribution in [1.29, 1.82) is 0 Å². The minimum atomic E-state index is -0.641. The first-order valence-corrected chi connectivity index (χ1v) is 9.85. The maximum absolute atomic E-state index is 12.5. The Labute approximate surface area is 179 Å². The Bertz CT molecular complexity index is 1130. The van der Waals surface area contributed by atoms with Gasteiger partial charge in [0.15, 0.2) is 11.9 Å². The van der Waals surface area contributed by atoms with Gasteiger partial charge in [-0.3, -0.25) is 4.79 Å². The summed E-state index contributed by atoms with van der Waals surface area (Å²) < 4.78 is 5.79. The summed E-state index contributed by atoms with van der Waals surface area (Å²) in [5.41, 5.74) is 2.99. The topological polar surface area (TPSA) is 69.9 Å². The molecule has 0 aliphatic carbocycles. The predicted octanol–water partition coefficient (Wildman–Crippen LogP) is 4.70. The first kappa shape index (κ1) is 19.8. The lowest BCUT2D eigenvalue weighted by atomic mass is 10.1. The van der Waals surface area contributed by atoms with Gasteiger partial charge in [0, 0.05) is 10.6 Å². The SMILES string of the molecule is CC(Oc1ccc(-c2ccccc2)cc1)C(=O)Cn1nnc(-c2ccc(Cl)cc2)n1. The Kier molecular flexibility index (Phi) is 5.86. The zero-order valence-electron chi connectivity index (χ0n) is 16.3. The number of ether oxygens (including phenoxy) is 1. The van der Waals surface area contributed by atoms with Gasteiger partial charge in [-0.2, -0.15) is 4.80 Å². The second kappa shape index (κ2) is 8.88. The number of carbonyl (C=O) groups is 1. The molecule has 0 saturated carbocycles. The highest BCUT2D eigenvalue weighted by molar-refractivity contribution is 6.30. The molecule has 30 heavy (non-hydrogen) atoms. The molecule has 0 N–H and O–H groups in total. The third kappa shape index (κ3) is 4.72. The summed E-state index contributed by atoms with van der Waals surface area (Å²) in [6.45, 7) is 1.69. The van der Waals surface area contributed by atoms with Gasteiger partial charge < -0.3 is 4.74 Å². The largest absolute Gasteiger partial charge is 0.483 e. The predicted molar refractivity (Wildman–Crippen MR) is 115 cm³/mol. The van der Waals surface area contributed by atoms with Gasteiger partial charge in [0.05, 0.1) is 0 Å². The zero-order valence-corrected chi connectivity index (χ0v) is 17.0. The summed E-state index contributed by atoms with van der Waals surface area (Å²) in [6.07, 6.45) is -0.641. The summed E-state index contributed by atoms with van der Waals surface area (Å²) in [6, 6.07) is 24.8. The number of nitrogens with zero attached hydrogens (tertiary/aromatic N) is 4. The van der Waals surface area contributed by atoms with E-state index in [0.29, 0.717) is 16.6 Å². The van der Waals surface area contributed by atoms with Crippen molar-refractivity contribution in [2.24, 2.45) is 0 Å². The molecule has 0 bridgehead atoms. The molecule has 0 spiro atoms. The number of benzene rings is 3. The van der Waals surface area contributed by atoms with E-state index in [-0.39, 0.29) is 12.3 Å². The number of hydrogen-bond donors (Lipinski definition) is 0. The van der Waals surface area contributed by atoms with Crippen molar-refractivity contribution in [3.8, 4) is 28.3 Å². The highest BCUT2D eigenvalue weighted by atomic mass is 35.5. The Morgan fingerprint density at radius 2 is 1.57 bits per heavy atom. The molecule has 0 amide bonds. The van der Waals surface area contributed by atoms with Crippen LogP contribution in [-0.2, 0) is 11.3 Å². The standard InChI is InChI=1S/C23H19ClN4O2/c1-16(30-21-13-9-18(10-14-21)17-5-3-2-4-6-17)22(29)15-28-26-23(25-27-28)19-7-11-20(24)12-8-19/h2-14,16H,15H2,1H3. The lowest BCUT2D eigenvalue weighted by molar-refractivity contribution is -0.126. The maximum atomic E-state index is 12.5. The normalized spacial score (nSPS) is 11.8. The van der Waals surface area contributed by atoms with Crippen molar-refractivity contribution in [3.63, 3.8) is 0 Å². The van der Waals surface area contributed by atoms with Gasteiger partial charge in [-0.15, -0.1) is 10.2 Å². The van der Waals surface area contributed by atoms with E-state index in [2.05, 4.69) is 15.4 Å². The van der Waals surface area contributed by atoms with Gasteiger partial charge in [0.25, 0.3) is 0 Å². The van der Waals surface area contributed by atoms with E-state index in [4.69, 9.17) is 16.3 Å². The van der Waals surface area contributed by atoms with Gasteiger partial charge in [0.2, 0.25) is 5.82 Å². The van der Waals surface area contributed by atoms with E-state index in [1.54, 1.807) is 31.2 Å². The van der Waals surface area contributed by atoms with Crippen LogP contribution in [0.4, 0.5) is 0 Å². The molecule has 4 rings (SSSR count). The van der Waals surface area contributed by atoms with Crippen LogP contribution in [0.25, 0.3) is 22.5 Å². The van der Waals surface area contributed by atoms with E-state index in [1.165, 1.54) is 4.80 Å². The third-order valence-electron chi connectivity index (χ3n) is 4.58. The van der Waals surface area contributed by atoms with E-state index < -0.39 is 6.10 Å². The van der Waals surface area contributed by atoms with Crippen LogP contribution in [0, 0.1) is 0 Å². The molecule has 3 aromatic carbocycles. The van der Waals surface area contributed by atoms with Crippen LogP contribution in [0.1, 0.15) is 6.92 Å². The molecule has 150 valence electrons. The summed E-state index contributed by atoms with van der Waals surface area (Å²) in [4.78, 5) is 13.8. The summed E-state index contributed by atoms with van der Waals surface area (Å²) in [5, 5.41) is 12.8. The second-order valence-electron chi connectivity index (χ2n) is 6.77. The smallest absolute Gasteiger partial charge is 0.204 e. The maximum Gasteiger partial charge on any atom is 0.204 e. The number of halogens is 1. The quantitative estimate of drug-likeness (QED) is 0.435. The van der Waals surface area contributed by atoms with Crippen LogP contribution in [0.5, 0.6) is 5.75 Å². The average Bonchev–Trinajstić information content (AvgIpc) is 3.24. The summed E-state index contributed by atoms with van der Waals surface area (Å²) in [7, 11) is 0.